The van der Waals surface area contributed by atoms with Crippen molar-refractivity contribution in [1.29, 1.82) is 0 Å². The molecule has 8 heteroatoms. The molecule has 0 atom stereocenters. The van der Waals surface area contributed by atoms with Crippen LogP contribution in [0.5, 0.6) is 5.75 Å². The Morgan fingerprint density at radius 2 is 1.69 bits per heavy atom. The van der Waals surface area contributed by atoms with Crippen LogP contribution in [0.15, 0.2) is 42.5 Å². The molecule has 188 valence electrons. The molecule has 0 aromatic heterocycles. The first-order valence-corrected chi connectivity index (χ1v) is 12.1. The summed E-state index contributed by atoms with van der Waals surface area (Å²) in [5.41, 5.74) is 2.25. The van der Waals surface area contributed by atoms with Crippen molar-refractivity contribution in [2.75, 3.05) is 45.2 Å². The molecule has 2 aromatic carbocycles. The van der Waals surface area contributed by atoms with Gasteiger partial charge in [0.25, 0.3) is 5.91 Å². The first-order chi connectivity index (χ1) is 16.9. The SMILES string of the molecule is CCOC(=O)c1cc(OC)cc(C)c1NC(=O)C[N+]1(CC(=O)OCc2ccccc2)CCCCC1. The number of carbonyl (C=O) groups is 3. The Morgan fingerprint density at radius 3 is 2.34 bits per heavy atom. The molecule has 1 fully saturated rings. The summed E-state index contributed by atoms with van der Waals surface area (Å²) < 4.78 is 16.3. The summed E-state index contributed by atoms with van der Waals surface area (Å²) in [6.07, 6.45) is 2.95. The van der Waals surface area contributed by atoms with Crippen LogP contribution in [0.2, 0.25) is 0 Å². The van der Waals surface area contributed by atoms with Crippen molar-refractivity contribution in [3.8, 4) is 5.75 Å². The summed E-state index contributed by atoms with van der Waals surface area (Å²) in [6, 6.07) is 12.8. The van der Waals surface area contributed by atoms with Gasteiger partial charge in [0.05, 0.1) is 38.1 Å². The normalized spacial score (nSPS) is 14.6. The number of esters is 2. The topological polar surface area (TPSA) is 90.9 Å². The van der Waals surface area contributed by atoms with Crippen LogP contribution in [0, 0.1) is 6.92 Å². The Kier molecular flexibility index (Phi) is 9.25. The van der Waals surface area contributed by atoms with Gasteiger partial charge in [0.1, 0.15) is 12.4 Å². The zero-order valence-corrected chi connectivity index (χ0v) is 20.8. The molecule has 0 bridgehead atoms. The molecule has 0 saturated carbocycles. The number of ether oxygens (including phenoxy) is 3. The van der Waals surface area contributed by atoms with Crippen LogP contribution in [0.3, 0.4) is 0 Å². The number of anilines is 1. The minimum Gasteiger partial charge on any atom is -0.497 e. The lowest BCUT2D eigenvalue weighted by Gasteiger charge is -2.40. The predicted octanol–water partition coefficient (Wildman–Crippen LogP) is 3.86. The first-order valence-electron chi connectivity index (χ1n) is 12.1. The number of carbonyl (C=O) groups excluding carboxylic acids is 3. The molecule has 0 radical (unpaired) electrons. The summed E-state index contributed by atoms with van der Waals surface area (Å²) in [5.74, 6) is -0.613. The van der Waals surface area contributed by atoms with E-state index < -0.39 is 5.97 Å². The number of rotatable bonds is 10. The van der Waals surface area contributed by atoms with Crippen LogP contribution in [0.1, 0.15) is 47.7 Å². The highest BCUT2D eigenvalue weighted by Gasteiger charge is 2.36. The van der Waals surface area contributed by atoms with E-state index in [0.29, 0.717) is 21.5 Å². The summed E-state index contributed by atoms with van der Waals surface area (Å²) in [6.45, 7) is 5.64. The Morgan fingerprint density at radius 1 is 0.971 bits per heavy atom. The van der Waals surface area contributed by atoms with E-state index in [2.05, 4.69) is 5.32 Å². The Balaban J connectivity index is 1.73. The van der Waals surface area contributed by atoms with Gasteiger partial charge in [-0.1, -0.05) is 30.3 Å². The van der Waals surface area contributed by atoms with Gasteiger partial charge in [0, 0.05) is 0 Å². The molecule has 0 spiro atoms. The van der Waals surface area contributed by atoms with Crippen molar-refractivity contribution in [2.45, 2.75) is 39.7 Å². The molecule has 1 aliphatic heterocycles. The highest BCUT2D eigenvalue weighted by Crippen LogP contribution is 2.28. The Labute approximate surface area is 206 Å². The minimum atomic E-state index is -0.531. The molecule has 0 unspecified atom stereocenters. The van der Waals surface area contributed by atoms with Crippen LogP contribution in [-0.2, 0) is 25.7 Å². The lowest BCUT2D eigenvalue weighted by Crippen LogP contribution is -2.57. The first kappa shape index (κ1) is 26.2. The van der Waals surface area contributed by atoms with Gasteiger partial charge in [-0.25, -0.2) is 9.59 Å². The number of hydrogen-bond donors (Lipinski definition) is 1. The van der Waals surface area contributed by atoms with Crippen LogP contribution >= 0.6 is 0 Å². The summed E-state index contributed by atoms with van der Waals surface area (Å²) >= 11 is 0. The van der Waals surface area contributed by atoms with Crippen LogP contribution < -0.4 is 10.1 Å². The number of likely N-dealkylation sites (tertiary alicyclic amines) is 1. The van der Waals surface area contributed by atoms with Gasteiger partial charge in [-0.15, -0.1) is 0 Å². The lowest BCUT2D eigenvalue weighted by molar-refractivity contribution is -0.918. The van der Waals surface area contributed by atoms with Gasteiger partial charge in [-0.3, -0.25) is 4.79 Å². The van der Waals surface area contributed by atoms with Gasteiger partial charge in [-0.05, 0) is 56.4 Å². The molecule has 1 N–H and O–H groups in total. The average Bonchev–Trinajstić information content (AvgIpc) is 2.85. The van der Waals surface area contributed by atoms with E-state index in [1.807, 2.05) is 30.3 Å². The molecule has 2 aromatic rings. The van der Waals surface area contributed by atoms with Crippen molar-refractivity contribution >= 4 is 23.5 Å². The van der Waals surface area contributed by atoms with E-state index in [1.165, 1.54) is 7.11 Å². The largest absolute Gasteiger partial charge is 0.497 e. The second kappa shape index (κ2) is 12.4. The number of quaternary nitrogens is 1. The van der Waals surface area contributed by atoms with E-state index in [1.54, 1.807) is 26.0 Å². The van der Waals surface area contributed by atoms with E-state index in [4.69, 9.17) is 14.2 Å². The molecule has 1 heterocycles. The predicted molar refractivity (Wildman–Crippen MR) is 132 cm³/mol. The molecule has 0 aliphatic carbocycles. The highest BCUT2D eigenvalue weighted by molar-refractivity contribution is 6.03. The van der Waals surface area contributed by atoms with Gasteiger partial charge in [-0.2, -0.15) is 0 Å². The zero-order valence-electron chi connectivity index (χ0n) is 20.8. The van der Waals surface area contributed by atoms with Crippen molar-refractivity contribution in [3.05, 3.63) is 59.2 Å². The molecular weight excluding hydrogens is 448 g/mol. The number of benzene rings is 2. The van der Waals surface area contributed by atoms with Crippen LogP contribution in [-0.4, -0.2) is 62.2 Å². The number of nitrogens with one attached hydrogen (secondary N) is 1. The number of amides is 1. The maximum absolute atomic E-state index is 13.2. The van der Waals surface area contributed by atoms with Crippen LogP contribution in [0.25, 0.3) is 0 Å². The minimum absolute atomic E-state index is 0.119. The highest BCUT2D eigenvalue weighted by atomic mass is 16.5. The number of aryl methyl sites for hydroxylation is 1. The summed E-state index contributed by atoms with van der Waals surface area (Å²) in [4.78, 5) is 38.5. The van der Waals surface area contributed by atoms with Crippen molar-refractivity contribution in [2.24, 2.45) is 0 Å². The van der Waals surface area contributed by atoms with Gasteiger partial charge < -0.3 is 24.0 Å². The second-order valence-corrected chi connectivity index (χ2v) is 8.95. The molecule has 3 rings (SSSR count). The molecule has 35 heavy (non-hydrogen) atoms. The third-order valence-electron chi connectivity index (χ3n) is 6.26. The fraction of sp³-hybridized carbons (Fsp3) is 0.444. The molecule has 1 aliphatic rings. The monoisotopic (exact) mass is 483 g/mol. The molecule has 1 amide bonds. The third-order valence-corrected chi connectivity index (χ3v) is 6.26. The van der Waals surface area contributed by atoms with Crippen molar-refractivity contribution < 1.29 is 33.1 Å². The van der Waals surface area contributed by atoms with E-state index in [0.717, 1.165) is 37.9 Å². The third kappa shape index (κ3) is 7.29. The lowest BCUT2D eigenvalue weighted by atomic mass is 10.1. The van der Waals surface area contributed by atoms with Gasteiger partial charge in [0.15, 0.2) is 13.1 Å². The smallest absolute Gasteiger partial charge is 0.362 e. The number of piperidine rings is 1. The maximum atomic E-state index is 13.2. The van der Waals surface area contributed by atoms with Crippen LogP contribution in [0.4, 0.5) is 5.69 Å². The molecule has 1 saturated heterocycles. The van der Waals surface area contributed by atoms with E-state index in [9.17, 15) is 14.4 Å². The van der Waals surface area contributed by atoms with E-state index >= 15 is 0 Å². The number of methoxy groups -OCH3 is 1. The van der Waals surface area contributed by atoms with Crippen molar-refractivity contribution in [1.82, 2.24) is 0 Å². The number of hydrogen-bond acceptors (Lipinski definition) is 6. The maximum Gasteiger partial charge on any atom is 0.362 e. The summed E-state index contributed by atoms with van der Waals surface area (Å²) in [5, 5.41) is 2.91. The fourth-order valence-electron chi connectivity index (χ4n) is 4.50. The number of nitrogens with zero attached hydrogens (tertiary/aromatic N) is 1. The Bertz CT molecular complexity index is 1030. The molecule has 8 nitrogen and oxygen atoms in total. The summed E-state index contributed by atoms with van der Waals surface area (Å²) in [7, 11) is 1.52. The van der Waals surface area contributed by atoms with Crippen molar-refractivity contribution in [3.63, 3.8) is 0 Å². The van der Waals surface area contributed by atoms with E-state index in [-0.39, 0.29) is 43.7 Å². The standard InChI is InChI=1S/C27H34N2O6/c1-4-34-27(32)23-16-22(33-3)15-20(2)26(23)28-24(30)17-29(13-9-6-10-14-29)18-25(31)35-19-21-11-7-5-8-12-21/h5,7-8,11-12,15-16H,4,6,9-10,13-14,17-19H2,1-3H3/p+1. The quantitative estimate of drug-likeness (QED) is 0.408. The fourth-order valence-corrected chi connectivity index (χ4v) is 4.50. The zero-order chi connectivity index (χ0) is 25.3. The van der Waals surface area contributed by atoms with Gasteiger partial charge in [0.2, 0.25) is 0 Å². The second-order valence-electron chi connectivity index (χ2n) is 8.95. The van der Waals surface area contributed by atoms with Gasteiger partial charge >= 0.3 is 11.9 Å². The Hall–Kier alpha value is -3.39. The molecular formula is C27H35N2O6+. The average molecular weight is 484 g/mol.